The summed E-state index contributed by atoms with van der Waals surface area (Å²) in [7, 11) is 0. The number of anilines is 1. The van der Waals surface area contributed by atoms with E-state index < -0.39 is 0 Å². The van der Waals surface area contributed by atoms with Crippen LogP contribution in [0.3, 0.4) is 0 Å². The Morgan fingerprint density at radius 3 is 2.89 bits per heavy atom. The first-order valence-corrected chi connectivity index (χ1v) is 5.09. The van der Waals surface area contributed by atoms with Crippen LogP contribution in [0.1, 0.15) is 15.9 Å². The van der Waals surface area contributed by atoms with Crippen LogP contribution in [0.15, 0.2) is 41.8 Å². The normalized spacial score (nSPS) is 11.2. The van der Waals surface area contributed by atoms with Crippen molar-refractivity contribution in [1.29, 1.82) is 0 Å². The molecule has 1 amide bonds. The van der Waals surface area contributed by atoms with E-state index in [4.69, 9.17) is 10.9 Å². The predicted octanol–water partition coefficient (Wildman–Crippen LogP) is 0.756. The summed E-state index contributed by atoms with van der Waals surface area (Å²) in [5, 5.41) is 20.5. The van der Waals surface area contributed by atoms with E-state index >= 15 is 0 Å². The third-order valence-corrected chi connectivity index (χ3v) is 2.32. The van der Waals surface area contributed by atoms with E-state index in [1.807, 2.05) is 0 Å². The maximum atomic E-state index is 11.8. The van der Waals surface area contributed by atoms with Gasteiger partial charge in [-0.2, -0.15) is 5.10 Å². The van der Waals surface area contributed by atoms with Crippen LogP contribution in [0.5, 0.6) is 0 Å². The number of oxime groups is 1. The SMILES string of the molecule is NC(=NO)c1ccccc1NC(=O)c1cn[nH]c1. The molecule has 0 saturated carbocycles. The summed E-state index contributed by atoms with van der Waals surface area (Å²) in [5.74, 6) is -0.403. The molecule has 0 fully saturated rings. The molecule has 2 rings (SSSR count). The molecule has 0 atom stereocenters. The Morgan fingerprint density at radius 2 is 2.22 bits per heavy atom. The van der Waals surface area contributed by atoms with Crippen molar-refractivity contribution < 1.29 is 10.0 Å². The first kappa shape index (κ1) is 11.6. The number of nitrogens with one attached hydrogen (secondary N) is 2. The zero-order valence-electron chi connectivity index (χ0n) is 9.29. The van der Waals surface area contributed by atoms with Gasteiger partial charge in [0, 0.05) is 11.8 Å². The minimum atomic E-state index is -0.332. The van der Waals surface area contributed by atoms with Crippen molar-refractivity contribution in [3.05, 3.63) is 47.8 Å². The van der Waals surface area contributed by atoms with Gasteiger partial charge in [-0.25, -0.2) is 0 Å². The third-order valence-electron chi connectivity index (χ3n) is 2.32. The fourth-order valence-corrected chi connectivity index (χ4v) is 1.44. The van der Waals surface area contributed by atoms with Crippen LogP contribution in [-0.2, 0) is 0 Å². The standard InChI is InChI=1S/C11H11N5O2/c12-10(16-18)8-3-1-2-4-9(8)15-11(17)7-5-13-14-6-7/h1-6,18H,(H2,12,16)(H,13,14)(H,15,17). The lowest BCUT2D eigenvalue weighted by molar-refractivity contribution is 0.102. The number of aromatic nitrogens is 2. The second kappa shape index (κ2) is 5.00. The molecule has 1 heterocycles. The van der Waals surface area contributed by atoms with Gasteiger partial charge < -0.3 is 16.3 Å². The van der Waals surface area contributed by atoms with Gasteiger partial charge in [0.2, 0.25) is 0 Å². The van der Waals surface area contributed by atoms with E-state index in [-0.39, 0.29) is 11.7 Å². The molecule has 0 aliphatic heterocycles. The van der Waals surface area contributed by atoms with Gasteiger partial charge in [0.25, 0.3) is 5.91 Å². The molecule has 0 spiro atoms. The highest BCUT2D eigenvalue weighted by molar-refractivity contribution is 6.09. The van der Waals surface area contributed by atoms with Crippen LogP contribution in [0, 0.1) is 0 Å². The molecular formula is C11H11N5O2. The monoisotopic (exact) mass is 245 g/mol. The Morgan fingerprint density at radius 1 is 1.44 bits per heavy atom. The van der Waals surface area contributed by atoms with Gasteiger partial charge in [0.05, 0.1) is 17.4 Å². The Labute approximate surface area is 102 Å². The van der Waals surface area contributed by atoms with Gasteiger partial charge in [0.15, 0.2) is 5.84 Å². The summed E-state index contributed by atoms with van der Waals surface area (Å²) in [5.41, 5.74) is 6.81. The molecule has 0 aliphatic rings. The number of nitrogens with zero attached hydrogens (tertiary/aromatic N) is 2. The minimum Gasteiger partial charge on any atom is -0.409 e. The Bertz CT molecular complexity index is 577. The topological polar surface area (TPSA) is 116 Å². The number of hydrogen-bond donors (Lipinski definition) is 4. The summed E-state index contributed by atoms with van der Waals surface area (Å²) in [6.45, 7) is 0. The number of benzene rings is 1. The van der Waals surface area contributed by atoms with Crippen molar-refractivity contribution in [2.75, 3.05) is 5.32 Å². The first-order chi connectivity index (χ1) is 8.72. The van der Waals surface area contributed by atoms with Crippen LogP contribution in [0.2, 0.25) is 0 Å². The number of amides is 1. The molecule has 2 aromatic rings. The first-order valence-electron chi connectivity index (χ1n) is 5.09. The molecule has 0 bridgehead atoms. The van der Waals surface area contributed by atoms with E-state index in [0.717, 1.165) is 0 Å². The largest absolute Gasteiger partial charge is 0.409 e. The lowest BCUT2D eigenvalue weighted by Gasteiger charge is -2.08. The average Bonchev–Trinajstić information content (AvgIpc) is 2.92. The van der Waals surface area contributed by atoms with Crippen LogP contribution in [0.25, 0.3) is 0 Å². The Hall–Kier alpha value is -2.83. The number of para-hydroxylation sites is 1. The molecule has 0 radical (unpaired) electrons. The Balaban J connectivity index is 2.27. The van der Waals surface area contributed by atoms with E-state index in [2.05, 4.69) is 20.7 Å². The lowest BCUT2D eigenvalue weighted by Crippen LogP contribution is -2.18. The zero-order valence-corrected chi connectivity index (χ0v) is 9.29. The third kappa shape index (κ3) is 2.29. The molecular weight excluding hydrogens is 234 g/mol. The molecule has 92 valence electrons. The number of rotatable bonds is 3. The van der Waals surface area contributed by atoms with Gasteiger partial charge in [-0.3, -0.25) is 9.89 Å². The summed E-state index contributed by atoms with van der Waals surface area (Å²) in [6.07, 6.45) is 2.88. The molecule has 0 aliphatic carbocycles. The average molecular weight is 245 g/mol. The second-order valence-electron chi connectivity index (χ2n) is 3.47. The van der Waals surface area contributed by atoms with Crippen LogP contribution in [0.4, 0.5) is 5.69 Å². The van der Waals surface area contributed by atoms with Crippen LogP contribution < -0.4 is 11.1 Å². The maximum absolute atomic E-state index is 11.8. The number of hydrogen-bond acceptors (Lipinski definition) is 4. The number of nitrogens with two attached hydrogens (primary N) is 1. The predicted molar refractivity (Wildman–Crippen MR) is 65.5 cm³/mol. The van der Waals surface area contributed by atoms with Crippen molar-refractivity contribution in [1.82, 2.24) is 10.2 Å². The smallest absolute Gasteiger partial charge is 0.258 e. The Kier molecular flexibility index (Phi) is 3.24. The molecule has 0 unspecified atom stereocenters. The van der Waals surface area contributed by atoms with Crippen molar-refractivity contribution in [3.8, 4) is 0 Å². The highest BCUT2D eigenvalue weighted by Crippen LogP contribution is 2.15. The van der Waals surface area contributed by atoms with Gasteiger partial charge >= 0.3 is 0 Å². The van der Waals surface area contributed by atoms with Gasteiger partial charge in [-0.05, 0) is 12.1 Å². The summed E-state index contributed by atoms with van der Waals surface area (Å²) in [4.78, 5) is 11.8. The number of amidine groups is 1. The fourth-order valence-electron chi connectivity index (χ4n) is 1.44. The van der Waals surface area contributed by atoms with Gasteiger partial charge in [-0.15, -0.1) is 0 Å². The van der Waals surface area contributed by atoms with E-state index in [9.17, 15) is 4.79 Å². The second-order valence-corrected chi connectivity index (χ2v) is 3.47. The molecule has 5 N–H and O–H groups in total. The van der Waals surface area contributed by atoms with E-state index in [0.29, 0.717) is 16.8 Å². The zero-order chi connectivity index (χ0) is 13.0. The molecule has 1 aromatic carbocycles. The summed E-state index contributed by atoms with van der Waals surface area (Å²) < 4.78 is 0. The highest BCUT2D eigenvalue weighted by atomic mass is 16.4. The van der Waals surface area contributed by atoms with Crippen LogP contribution >= 0.6 is 0 Å². The molecule has 1 aromatic heterocycles. The summed E-state index contributed by atoms with van der Waals surface area (Å²) in [6, 6.07) is 6.76. The number of H-pyrrole nitrogens is 1. The highest BCUT2D eigenvalue weighted by Gasteiger charge is 2.11. The van der Waals surface area contributed by atoms with E-state index in [1.165, 1.54) is 12.4 Å². The van der Waals surface area contributed by atoms with Gasteiger partial charge in [-0.1, -0.05) is 17.3 Å². The molecule has 7 heteroatoms. The van der Waals surface area contributed by atoms with E-state index in [1.54, 1.807) is 24.3 Å². The number of carbonyl (C=O) groups excluding carboxylic acids is 1. The van der Waals surface area contributed by atoms with Crippen molar-refractivity contribution >= 4 is 17.4 Å². The lowest BCUT2D eigenvalue weighted by atomic mass is 10.1. The quantitative estimate of drug-likeness (QED) is 0.276. The molecule has 0 saturated heterocycles. The number of aromatic amines is 1. The summed E-state index contributed by atoms with van der Waals surface area (Å²) >= 11 is 0. The molecule has 7 nitrogen and oxygen atoms in total. The van der Waals surface area contributed by atoms with Crippen molar-refractivity contribution in [2.45, 2.75) is 0 Å². The maximum Gasteiger partial charge on any atom is 0.258 e. The molecule has 18 heavy (non-hydrogen) atoms. The fraction of sp³-hybridized carbons (Fsp3) is 0. The number of carbonyl (C=O) groups is 1. The van der Waals surface area contributed by atoms with Gasteiger partial charge in [0.1, 0.15) is 0 Å². The van der Waals surface area contributed by atoms with Crippen molar-refractivity contribution in [3.63, 3.8) is 0 Å². The minimum absolute atomic E-state index is 0.0712. The van der Waals surface area contributed by atoms with Crippen LogP contribution in [-0.4, -0.2) is 27.1 Å². The van der Waals surface area contributed by atoms with Crippen molar-refractivity contribution in [2.24, 2.45) is 10.9 Å².